The predicted octanol–water partition coefficient (Wildman–Crippen LogP) is 0.276. The van der Waals surface area contributed by atoms with Crippen LogP contribution in [0.25, 0.3) is 11.4 Å². The van der Waals surface area contributed by atoms with Crippen molar-refractivity contribution in [2.75, 3.05) is 6.54 Å². The maximum Gasteiger partial charge on any atom is 0.251 e. The second-order valence-electron chi connectivity index (χ2n) is 5.49. The molecule has 120 valence electrons. The lowest BCUT2D eigenvalue weighted by Gasteiger charge is -2.15. The van der Waals surface area contributed by atoms with E-state index in [2.05, 4.69) is 26.0 Å². The Hall–Kier alpha value is -2.77. The van der Waals surface area contributed by atoms with E-state index in [0.29, 0.717) is 24.4 Å². The van der Waals surface area contributed by atoms with Crippen molar-refractivity contribution in [2.45, 2.75) is 25.3 Å². The summed E-state index contributed by atoms with van der Waals surface area (Å²) in [5.74, 6) is 0.129. The average Bonchev–Trinajstić information content (AvgIpc) is 2.89. The molecule has 3 rings (SSSR count). The van der Waals surface area contributed by atoms with Gasteiger partial charge in [-0.25, -0.2) is 0 Å². The van der Waals surface area contributed by atoms with Gasteiger partial charge in [-0.3, -0.25) is 9.59 Å². The number of aromatic nitrogens is 4. The number of amides is 2. The van der Waals surface area contributed by atoms with Crippen molar-refractivity contribution < 1.29 is 9.59 Å². The Kier molecular flexibility index (Phi) is 4.31. The topological polar surface area (TPSA) is 102 Å². The largest absolute Gasteiger partial charge is 0.354 e. The molecule has 8 heteroatoms. The van der Waals surface area contributed by atoms with Gasteiger partial charge in [-0.1, -0.05) is 12.1 Å². The van der Waals surface area contributed by atoms with Crippen LogP contribution in [0.4, 0.5) is 0 Å². The summed E-state index contributed by atoms with van der Waals surface area (Å²) in [4.78, 5) is 25.5. The third kappa shape index (κ3) is 3.53. The minimum Gasteiger partial charge on any atom is -0.354 e. The molecule has 1 unspecified atom stereocenters. The fourth-order valence-electron chi connectivity index (χ4n) is 2.49. The smallest absolute Gasteiger partial charge is 0.251 e. The van der Waals surface area contributed by atoms with Crippen molar-refractivity contribution in [1.82, 2.24) is 30.8 Å². The van der Waals surface area contributed by atoms with Crippen molar-refractivity contribution in [1.29, 1.82) is 0 Å². The Labute approximate surface area is 133 Å². The fraction of sp³-hybridized carbons (Fsp3) is 0.400. The molecule has 2 amide bonds. The zero-order valence-corrected chi connectivity index (χ0v) is 12.8. The van der Waals surface area contributed by atoms with E-state index in [1.165, 1.54) is 4.80 Å². The number of tetrazole rings is 1. The first-order chi connectivity index (χ1) is 11.1. The van der Waals surface area contributed by atoms with Crippen LogP contribution in [-0.2, 0) is 11.8 Å². The highest BCUT2D eigenvalue weighted by atomic mass is 16.2. The molecule has 0 aliphatic carbocycles. The van der Waals surface area contributed by atoms with Crippen LogP contribution in [0, 0.1) is 0 Å². The van der Waals surface area contributed by atoms with Crippen LogP contribution in [0.2, 0.25) is 0 Å². The first-order valence-electron chi connectivity index (χ1n) is 7.56. The summed E-state index contributed by atoms with van der Waals surface area (Å²) in [6, 6.07) is 6.44. The summed E-state index contributed by atoms with van der Waals surface area (Å²) in [6.45, 7) is 0.672. The van der Waals surface area contributed by atoms with Crippen LogP contribution in [0.15, 0.2) is 24.3 Å². The molecule has 1 aliphatic rings. The van der Waals surface area contributed by atoms with Crippen molar-refractivity contribution in [3.05, 3.63) is 29.8 Å². The Morgan fingerprint density at radius 2 is 2.09 bits per heavy atom. The number of carbonyl (C=O) groups is 2. The van der Waals surface area contributed by atoms with Crippen LogP contribution < -0.4 is 10.6 Å². The van der Waals surface area contributed by atoms with E-state index in [4.69, 9.17) is 0 Å². The molecule has 2 aromatic rings. The highest BCUT2D eigenvalue weighted by Gasteiger charge is 2.22. The summed E-state index contributed by atoms with van der Waals surface area (Å²) >= 11 is 0. The number of nitrogens with one attached hydrogen (secondary N) is 2. The molecule has 1 atom stereocenters. The van der Waals surface area contributed by atoms with Gasteiger partial charge in [0.25, 0.3) is 5.91 Å². The van der Waals surface area contributed by atoms with Gasteiger partial charge in [0.2, 0.25) is 11.7 Å². The molecule has 1 fully saturated rings. The molecular weight excluding hydrogens is 296 g/mol. The predicted molar refractivity (Wildman–Crippen MR) is 82.3 cm³/mol. The highest BCUT2D eigenvalue weighted by Crippen LogP contribution is 2.15. The summed E-state index contributed by atoms with van der Waals surface area (Å²) in [5.41, 5.74) is 1.27. The number of hydrogen-bond acceptors (Lipinski definition) is 5. The number of rotatable bonds is 3. The maximum atomic E-state index is 12.3. The average molecular weight is 314 g/mol. The Balaban J connectivity index is 1.69. The van der Waals surface area contributed by atoms with Gasteiger partial charge in [-0.05, 0) is 36.6 Å². The second-order valence-corrected chi connectivity index (χ2v) is 5.49. The van der Waals surface area contributed by atoms with E-state index >= 15 is 0 Å². The van der Waals surface area contributed by atoms with Crippen LogP contribution in [0.1, 0.15) is 29.6 Å². The molecule has 1 saturated heterocycles. The zero-order chi connectivity index (χ0) is 16.2. The van der Waals surface area contributed by atoms with Crippen molar-refractivity contribution in [3.8, 4) is 11.4 Å². The van der Waals surface area contributed by atoms with E-state index in [-0.39, 0.29) is 11.8 Å². The van der Waals surface area contributed by atoms with Crippen molar-refractivity contribution >= 4 is 11.8 Å². The van der Waals surface area contributed by atoms with Gasteiger partial charge in [0.15, 0.2) is 0 Å². The first kappa shape index (κ1) is 15.1. The second kappa shape index (κ2) is 6.55. The van der Waals surface area contributed by atoms with E-state index in [9.17, 15) is 9.59 Å². The molecule has 1 aromatic carbocycles. The third-order valence-corrected chi connectivity index (χ3v) is 3.75. The third-order valence-electron chi connectivity index (χ3n) is 3.75. The number of nitrogens with zero attached hydrogens (tertiary/aromatic N) is 4. The molecule has 0 saturated carbocycles. The summed E-state index contributed by atoms with van der Waals surface area (Å²) in [7, 11) is 1.69. The standard InChI is InChI=1S/C15H18N6O2/c1-21-19-13(18-20-21)10-5-7-11(8-6-10)14(22)17-12-4-2-3-9-16-15(12)23/h5-8,12H,2-4,9H2,1H3,(H,16,23)(H,17,22). The van der Waals surface area contributed by atoms with Gasteiger partial charge in [0, 0.05) is 17.7 Å². The normalized spacial score (nSPS) is 18.1. The van der Waals surface area contributed by atoms with Crippen LogP contribution in [-0.4, -0.2) is 44.6 Å². The van der Waals surface area contributed by atoms with Gasteiger partial charge in [0.05, 0.1) is 7.05 Å². The molecule has 2 heterocycles. The minimum atomic E-state index is -0.466. The van der Waals surface area contributed by atoms with Crippen molar-refractivity contribution in [2.24, 2.45) is 7.05 Å². The fourth-order valence-corrected chi connectivity index (χ4v) is 2.49. The number of hydrogen-bond donors (Lipinski definition) is 2. The Morgan fingerprint density at radius 1 is 1.30 bits per heavy atom. The van der Waals surface area contributed by atoms with E-state index < -0.39 is 6.04 Å². The van der Waals surface area contributed by atoms with Crippen LogP contribution in [0.3, 0.4) is 0 Å². The van der Waals surface area contributed by atoms with E-state index in [0.717, 1.165) is 18.4 Å². The lowest BCUT2D eigenvalue weighted by Crippen LogP contribution is -2.45. The van der Waals surface area contributed by atoms with Crippen molar-refractivity contribution in [3.63, 3.8) is 0 Å². The van der Waals surface area contributed by atoms with Gasteiger partial charge >= 0.3 is 0 Å². The number of aryl methyl sites for hydroxylation is 1. The van der Waals surface area contributed by atoms with E-state index in [1.807, 2.05) is 0 Å². The lowest BCUT2D eigenvalue weighted by molar-refractivity contribution is -0.122. The molecule has 0 spiro atoms. The van der Waals surface area contributed by atoms with Gasteiger partial charge < -0.3 is 10.6 Å². The van der Waals surface area contributed by atoms with Gasteiger partial charge in [-0.15, -0.1) is 10.2 Å². The van der Waals surface area contributed by atoms with Gasteiger partial charge in [-0.2, -0.15) is 4.80 Å². The molecule has 2 N–H and O–H groups in total. The molecular formula is C15H18N6O2. The molecule has 1 aromatic heterocycles. The molecule has 1 aliphatic heterocycles. The SMILES string of the molecule is Cn1nnc(-c2ccc(C(=O)NC3CCCCNC3=O)cc2)n1. The summed E-state index contributed by atoms with van der Waals surface area (Å²) in [5, 5.41) is 17.4. The molecule has 0 bridgehead atoms. The Morgan fingerprint density at radius 3 is 2.78 bits per heavy atom. The van der Waals surface area contributed by atoms with Gasteiger partial charge in [0.1, 0.15) is 6.04 Å². The quantitative estimate of drug-likeness (QED) is 0.847. The zero-order valence-electron chi connectivity index (χ0n) is 12.8. The molecule has 0 radical (unpaired) electrons. The minimum absolute atomic E-state index is 0.115. The number of benzene rings is 1. The lowest BCUT2D eigenvalue weighted by atomic mass is 10.1. The highest BCUT2D eigenvalue weighted by molar-refractivity contribution is 5.97. The Bertz CT molecular complexity index is 709. The molecule has 23 heavy (non-hydrogen) atoms. The number of carbonyl (C=O) groups excluding carboxylic acids is 2. The van der Waals surface area contributed by atoms with Crippen LogP contribution in [0.5, 0.6) is 0 Å². The van der Waals surface area contributed by atoms with Crippen LogP contribution >= 0.6 is 0 Å². The monoisotopic (exact) mass is 314 g/mol. The molecule has 8 nitrogen and oxygen atoms in total. The summed E-state index contributed by atoms with van der Waals surface area (Å²) < 4.78 is 0. The maximum absolute atomic E-state index is 12.3. The first-order valence-corrected chi connectivity index (χ1v) is 7.56. The van der Waals surface area contributed by atoms with E-state index in [1.54, 1.807) is 31.3 Å². The summed E-state index contributed by atoms with van der Waals surface area (Å²) in [6.07, 6.45) is 2.53.